The average Bonchev–Trinajstić information content (AvgIpc) is 2.54. The van der Waals surface area contributed by atoms with E-state index in [2.05, 4.69) is 11.3 Å². The molecule has 1 saturated carbocycles. The van der Waals surface area contributed by atoms with E-state index in [4.69, 9.17) is 0 Å². The highest BCUT2D eigenvalue weighted by molar-refractivity contribution is 5.87. The van der Waals surface area contributed by atoms with Crippen LogP contribution in [-0.4, -0.2) is 47.0 Å². The number of hydrogen-bond acceptors (Lipinski definition) is 3. The Hall–Kier alpha value is -1.67. The summed E-state index contributed by atoms with van der Waals surface area (Å²) in [5.41, 5.74) is -11.4. The van der Waals surface area contributed by atoms with E-state index in [9.17, 15) is 62.6 Å². The number of ether oxygens (including phenoxy) is 1. The Morgan fingerprint density at radius 2 is 1.06 bits per heavy atom. The number of aliphatic hydroxyl groups is 1. The normalized spacial score (nSPS) is 22.3. The fraction of sp³-hybridized carbons (Fsp3) is 0.812. The molecule has 0 spiro atoms. The van der Waals surface area contributed by atoms with Crippen molar-refractivity contribution < 1.29 is 67.3 Å². The van der Waals surface area contributed by atoms with Gasteiger partial charge in [-0.3, -0.25) is 0 Å². The molecule has 0 radical (unpaired) electrons. The van der Waals surface area contributed by atoms with Gasteiger partial charge in [-0.25, -0.2) is 4.79 Å². The van der Waals surface area contributed by atoms with Crippen molar-refractivity contribution in [3.8, 4) is 0 Å². The highest BCUT2D eigenvalue weighted by Gasteiger charge is 2.79. The highest BCUT2D eigenvalue weighted by atomic mass is 19.4. The molecule has 0 heterocycles. The molecule has 1 fully saturated rings. The lowest BCUT2D eigenvalue weighted by Crippen LogP contribution is -2.66. The van der Waals surface area contributed by atoms with Crippen molar-refractivity contribution in [2.24, 2.45) is 11.8 Å². The zero-order valence-corrected chi connectivity index (χ0v) is 15.5. The van der Waals surface area contributed by atoms with Crippen LogP contribution in [0.15, 0.2) is 12.2 Å². The monoisotopic (exact) mass is 484 g/mol. The van der Waals surface area contributed by atoms with Crippen LogP contribution in [0.25, 0.3) is 0 Å². The van der Waals surface area contributed by atoms with Gasteiger partial charge in [0.15, 0.2) is 0 Å². The number of carbonyl (C=O) groups is 1. The van der Waals surface area contributed by atoms with Gasteiger partial charge in [0.05, 0.1) is 0 Å². The third-order valence-corrected chi connectivity index (χ3v) is 5.20. The molecule has 0 atom stereocenters. The number of rotatable bonds is 4. The van der Waals surface area contributed by atoms with Gasteiger partial charge in [0.1, 0.15) is 0 Å². The first-order valence-corrected chi connectivity index (χ1v) is 8.42. The molecule has 1 rings (SSSR count). The molecule has 1 aliphatic carbocycles. The van der Waals surface area contributed by atoms with Crippen molar-refractivity contribution >= 4 is 5.97 Å². The number of halogens is 12. The van der Waals surface area contributed by atoms with Gasteiger partial charge in [-0.1, -0.05) is 6.58 Å². The molecule has 31 heavy (non-hydrogen) atoms. The van der Waals surface area contributed by atoms with Gasteiger partial charge in [0, 0.05) is 17.4 Å². The molecule has 3 nitrogen and oxygen atoms in total. The molecule has 0 aromatic heterocycles. The van der Waals surface area contributed by atoms with E-state index in [0.29, 0.717) is 0 Å². The SMILES string of the molecule is C=C(C)C(=O)OC(C1CCC(C(O)(C(F)(F)F)C(F)(F)F)CC1)(C(F)(F)F)C(F)(F)F. The zero-order valence-electron chi connectivity index (χ0n) is 15.5. The van der Waals surface area contributed by atoms with E-state index in [1.54, 1.807) is 0 Å². The van der Waals surface area contributed by atoms with Crippen molar-refractivity contribution in [2.45, 2.75) is 68.5 Å². The summed E-state index contributed by atoms with van der Waals surface area (Å²) in [6, 6.07) is 0. The molecule has 0 aliphatic heterocycles. The van der Waals surface area contributed by atoms with E-state index < -0.39 is 85.0 Å². The Morgan fingerprint density at radius 3 is 1.32 bits per heavy atom. The molecule has 15 heteroatoms. The lowest BCUT2D eigenvalue weighted by atomic mass is 9.67. The fourth-order valence-electron chi connectivity index (χ4n) is 3.60. The van der Waals surface area contributed by atoms with Crippen molar-refractivity contribution in [3.63, 3.8) is 0 Å². The van der Waals surface area contributed by atoms with Crippen LogP contribution in [0, 0.1) is 11.8 Å². The predicted molar refractivity (Wildman–Crippen MR) is 78.3 cm³/mol. The summed E-state index contributed by atoms with van der Waals surface area (Å²) in [4.78, 5) is 11.5. The molecule has 0 aromatic carbocycles. The topological polar surface area (TPSA) is 46.5 Å². The second kappa shape index (κ2) is 8.03. The summed E-state index contributed by atoms with van der Waals surface area (Å²) >= 11 is 0. The maximum Gasteiger partial charge on any atom is 0.437 e. The van der Waals surface area contributed by atoms with E-state index in [1.165, 1.54) is 0 Å². The number of esters is 1. The molecule has 182 valence electrons. The Morgan fingerprint density at radius 1 is 0.742 bits per heavy atom. The quantitative estimate of drug-likeness (QED) is 0.320. The third-order valence-electron chi connectivity index (χ3n) is 5.20. The van der Waals surface area contributed by atoms with Crippen LogP contribution in [-0.2, 0) is 9.53 Å². The molecule has 0 aromatic rings. The van der Waals surface area contributed by atoms with Crippen molar-refractivity contribution in [1.29, 1.82) is 0 Å². The first-order chi connectivity index (χ1) is 13.5. The number of alkyl halides is 12. The first-order valence-electron chi connectivity index (χ1n) is 8.42. The van der Waals surface area contributed by atoms with Crippen LogP contribution >= 0.6 is 0 Å². The van der Waals surface area contributed by atoms with Gasteiger partial charge in [-0.05, 0) is 32.6 Å². The van der Waals surface area contributed by atoms with Crippen LogP contribution in [0.3, 0.4) is 0 Å². The second-order valence-electron chi connectivity index (χ2n) is 7.21. The summed E-state index contributed by atoms with van der Waals surface area (Å²) in [5, 5.41) is 9.34. The highest BCUT2D eigenvalue weighted by Crippen LogP contribution is 2.58. The maximum absolute atomic E-state index is 13.6. The number of hydrogen-bond donors (Lipinski definition) is 1. The Labute approximate surface area is 167 Å². The van der Waals surface area contributed by atoms with Gasteiger partial charge in [-0.15, -0.1) is 0 Å². The molecule has 0 saturated heterocycles. The van der Waals surface area contributed by atoms with Crippen LogP contribution < -0.4 is 0 Å². The summed E-state index contributed by atoms with van der Waals surface area (Å²) in [5.74, 6) is -7.61. The van der Waals surface area contributed by atoms with Gasteiger partial charge >= 0.3 is 36.3 Å². The molecular weight excluding hydrogens is 468 g/mol. The van der Waals surface area contributed by atoms with Crippen LogP contribution in [0.1, 0.15) is 32.6 Å². The van der Waals surface area contributed by atoms with E-state index >= 15 is 0 Å². The standard InChI is InChI=1S/C16H16F12O3/c1-7(2)10(29)31-12(15(23,24)25,16(26,27)28)9-5-3-8(4-6-9)11(30,13(17,18)19)14(20,21)22/h8-9,30H,1,3-6H2,2H3. The smallest absolute Gasteiger partial charge is 0.436 e. The summed E-state index contributed by atoms with van der Waals surface area (Å²) in [6.45, 7) is 3.59. The van der Waals surface area contributed by atoms with E-state index in [-0.39, 0.29) is 0 Å². The minimum Gasteiger partial charge on any atom is -0.436 e. The largest absolute Gasteiger partial charge is 0.437 e. The molecule has 0 bridgehead atoms. The Kier molecular flexibility index (Phi) is 7.09. The van der Waals surface area contributed by atoms with Crippen LogP contribution in [0.5, 0.6) is 0 Å². The Balaban J connectivity index is 3.41. The average molecular weight is 484 g/mol. The first kappa shape index (κ1) is 27.4. The summed E-state index contributed by atoms with van der Waals surface area (Å²) in [7, 11) is 0. The second-order valence-corrected chi connectivity index (χ2v) is 7.21. The fourth-order valence-corrected chi connectivity index (χ4v) is 3.60. The van der Waals surface area contributed by atoms with Gasteiger partial charge in [-0.2, -0.15) is 52.7 Å². The van der Waals surface area contributed by atoms with Crippen molar-refractivity contribution in [1.82, 2.24) is 0 Å². The van der Waals surface area contributed by atoms with Crippen molar-refractivity contribution in [2.75, 3.05) is 0 Å². The minimum absolute atomic E-state index is 0.740. The Bertz CT molecular complexity index is 650. The summed E-state index contributed by atoms with van der Waals surface area (Å²) < 4.78 is 163. The molecule has 0 unspecified atom stereocenters. The summed E-state index contributed by atoms with van der Waals surface area (Å²) in [6.07, 6.45) is -31.2. The molecule has 1 N–H and O–H groups in total. The lowest BCUT2D eigenvalue weighted by Gasteiger charge is -2.47. The minimum atomic E-state index is -6.31. The third kappa shape index (κ3) is 4.60. The maximum atomic E-state index is 13.6. The lowest BCUT2D eigenvalue weighted by molar-refractivity contribution is -0.398. The van der Waals surface area contributed by atoms with Crippen LogP contribution in [0.4, 0.5) is 52.7 Å². The van der Waals surface area contributed by atoms with E-state index in [1.807, 2.05) is 0 Å². The number of carbonyl (C=O) groups excluding carboxylic acids is 1. The van der Waals surface area contributed by atoms with Gasteiger partial charge < -0.3 is 9.84 Å². The molecular formula is C16H16F12O3. The van der Waals surface area contributed by atoms with E-state index in [0.717, 1.165) is 6.92 Å². The van der Waals surface area contributed by atoms with Gasteiger partial charge in [0.25, 0.3) is 5.60 Å². The van der Waals surface area contributed by atoms with Gasteiger partial charge in [0.2, 0.25) is 0 Å². The predicted octanol–water partition coefficient (Wildman–Crippen LogP) is 5.63. The van der Waals surface area contributed by atoms with Crippen LogP contribution in [0.2, 0.25) is 0 Å². The van der Waals surface area contributed by atoms with Crippen molar-refractivity contribution in [3.05, 3.63) is 12.2 Å². The zero-order chi connectivity index (χ0) is 24.8. The molecule has 1 aliphatic rings. The molecule has 0 amide bonds.